The van der Waals surface area contributed by atoms with E-state index in [-0.39, 0.29) is 5.28 Å². The molecule has 2 N–H and O–H groups in total. The van der Waals surface area contributed by atoms with Crippen molar-refractivity contribution in [3.63, 3.8) is 0 Å². The molecule has 0 aliphatic rings. The van der Waals surface area contributed by atoms with Gasteiger partial charge in [-0.05, 0) is 36.2 Å². The average Bonchev–Trinajstić information content (AvgIpc) is 2.23. The summed E-state index contributed by atoms with van der Waals surface area (Å²) >= 11 is 5.75. The van der Waals surface area contributed by atoms with Gasteiger partial charge in [-0.25, -0.2) is 9.97 Å². The largest absolute Gasteiger partial charge is 0.399 e. The summed E-state index contributed by atoms with van der Waals surface area (Å²) in [5.74, 6) is 0. The van der Waals surface area contributed by atoms with Gasteiger partial charge in [0.1, 0.15) is 0 Å². The van der Waals surface area contributed by atoms with Gasteiger partial charge in [0.15, 0.2) is 0 Å². The van der Waals surface area contributed by atoms with E-state index in [4.69, 9.17) is 17.3 Å². The quantitative estimate of drug-likeness (QED) is 0.593. The van der Waals surface area contributed by atoms with E-state index in [0.29, 0.717) is 0 Å². The third kappa shape index (κ3) is 2.07. The number of anilines is 1. The zero-order chi connectivity index (χ0) is 10.8. The molecule has 1 aromatic carbocycles. The van der Waals surface area contributed by atoms with Crippen LogP contribution in [0.5, 0.6) is 0 Å². The van der Waals surface area contributed by atoms with Crippen LogP contribution >= 0.6 is 11.6 Å². The van der Waals surface area contributed by atoms with Crippen molar-refractivity contribution in [1.82, 2.24) is 9.97 Å². The van der Waals surface area contributed by atoms with Crippen molar-refractivity contribution < 1.29 is 0 Å². The van der Waals surface area contributed by atoms with Gasteiger partial charge in [0.05, 0.1) is 5.69 Å². The Morgan fingerprint density at radius 3 is 2.53 bits per heavy atom. The highest BCUT2D eigenvalue weighted by Gasteiger charge is 2.04. The molecular weight excluding hydrogens is 210 g/mol. The van der Waals surface area contributed by atoms with Gasteiger partial charge in [0.2, 0.25) is 5.28 Å². The molecule has 0 saturated heterocycles. The number of benzene rings is 1. The van der Waals surface area contributed by atoms with Crippen LogP contribution in [0.4, 0.5) is 5.69 Å². The number of hydrogen-bond acceptors (Lipinski definition) is 3. The third-order valence-electron chi connectivity index (χ3n) is 2.13. The molecule has 0 aliphatic heterocycles. The number of hydrogen-bond donors (Lipinski definition) is 1. The van der Waals surface area contributed by atoms with Gasteiger partial charge in [-0.3, -0.25) is 0 Å². The number of nitrogen functional groups attached to an aromatic ring is 1. The van der Waals surface area contributed by atoms with Crippen molar-refractivity contribution in [3.05, 3.63) is 41.3 Å². The van der Waals surface area contributed by atoms with E-state index in [1.54, 1.807) is 6.20 Å². The molecule has 15 heavy (non-hydrogen) atoms. The lowest BCUT2D eigenvalue weighted by atomic mass is 10.1. The fraction of sp³-hybridized carbons (Fsp3) is 0.0909. The lowest BCUT2D eigenvalue weighted by molar-refractivity contribution is 1.13. The Labute approximate surface area is 92.9 Å². The molecule has 2 rings (SSSR count). The first kappa shape index (κ1) is 9.93. The number of aryl methyl sites for hydroxylation is 1. The summed E-state index contributed by atoms with van der Waals surface area (Å²) in [6, 6.07) is 7.51. The second-order valence-corrected chi connectivity index (χ2v) is 3.63. The fourth-order valence-corrected chi connectivity index (χ4v) is 1.49. The summed E-state index contributed by atoms with van der Waals surface area (Å²) in [4.78, 5) is 8.10. The molecule has 4 heteroatoms. The lowest BCUT2D eigenvalue weighted by Crippen LogP contribution is -1.92. The molecule has 1 aromatic heterocycles. The topological polar surface area (TPSA) is 51.8 Å². The predicted molar refractivity (Wildman–Crippen MR) is 61.6 cm³/mol. The van der Waals surface area contributed by atoms with Crippen molar-refractivity contribution in [3.8, 4) is 11.3 Å². The lowest BCUT2D eigenvalue weighted by Gasteiger charge is -2.04. The average molecular weight is 220 g/mol. The van der Waals surface area contributed by atoms with E-state index in [2.05, 4.69) is 9.97 Å². The summed E-state index contributed by atoms with van der Waals surface area (Å²) in [5.41, 5.74) is 9.17. The molecule has 0 bridgehead atoms. The second-order valence-electron chi connectivity index (χ2n) is 3.29. The van der Waals surface area contributed by atoms with Crippen molar-refractivity contribution in [1.29, 1.82) is 0 Å². The Morgan fingerprint density at radius 1 is 1.20 bits per heavy atom. The molecular formula is C11H10ClN3. The molecule has 2 aromatic rings. The van der Waals surface area contributed by atoms with Gasteiger partial charge in [-0.1, -0.05) is 12.1 Å². The van der Waals surface area contributed by atoms with Gasteiger partial charge in [0.25, 0.3) is 0 Å². The van der Waals surface area contributed by atoms with Crippen molar-refractivity contribution in [2.75, 3.05) is 5.73 Å². The molecule has 0 fully saturated rings. The molecule has 0 amide bonds. The minimum Gasteiger partial charge on any atom is -0.399 e. The first-order valence-corrected chi connectivity index (χ1v) is 4.89. The minimum absolute atomic E-state index is 0.257. The summed E-state index contributed by atoms with van der Waals surface area (Å²) < 4.78 is 0. The molecule has 0 spiro atoms. The van der Waals surface area contributed by atoms with Crippen LogP contribution in [0, 0.1) is 6.92 Å². The van der Waals surface area contributed by atoms with Crippen LogP contribution in [0.25, 0.3) is 11.3 Å². The van der Waals surface area contributed by atoms with Crippen molar-refractivity contribution >= 4 is 17.3 Å². The van der Waals surface area contributed by atoms with Crippen LogP contribution in [-0.2, 0) is 0 Å². The number of rotatable bonds is 1. The Bertz CT molecular complexity index is 480. The zero-order valence-electron chi connectivity index (χ0n) is 8.24. The summed E-state index contributed by atoms with van der Waals surface area (Å²) in [6.45, 7) is 1.95. The van der Waals surface area contributed by atoms with Crippen LogP contribution in [0.15, 0.2) is 30.5 Å². The third-order valence-corrected chi connectivity index (χ3v) is 2.31. The minimum atomic E-state index is 0.257. The molecule has 0 unspecified atom stereocenters. The molecule has 3 nitrogen and oxygen atoms in total. The molecule has 1 heterocycles. The molecule has 0 aliphatic carbocycles. The first-order chi connectivity index (χ1) is 7.16. The maximum atomic E-state index is 5.75. The number of nitrogens with zero attached hydrogens (tertiary/aromatic N) is 2. The number of nitrogens with two attached hydrogens (primary N) is 1. The second kappa shape index (κ2) is 3.87. The standard InChI is InChI=1S/C11H10ClN3/c1-7-6-14-11(12)15-10(7)8-2-4-9(13)5-3-8/h2-6H,13H2,1H3. The highest BCUT2D eigenvalue weighted by atomic mass is 35.5. The Hall–Kier alpha value is -1.61. The molecule has 0 saturated carbocycles. The van der Waals surface area contributed by atoms with E-state index >= 15 is 0 Å². The Balaban J connectivity index is 2.53. The predicted octanol–water partition coefficient (Wildman–Crippen LogP) is 2.69. The van der Waals surface area contributed by atoms with Gasteiger partial charge >= 0.3 is 0 Å². The van der Waals surface area contributed by atoms with E-state index < -0.39 is 0 Å². The van der Waals surface area contributed by atoms with E-state index in [9.17, 15) is 0 Å². The van der Waals surface area contributed by atoms with Crippen LogP contribution in [-0.4, -0.2) is 9.97 Å². The summed E-state index contributed by atoms with van der Waals surface area (Å²) in [5, 5.41) is 0.257. The number of halogens is 1. The van der Waals surface area contributed by atoms with Crippen molar-refractivity contribution in [2.45, 2.75) is 6.92 Å². The van der Waals surface area contributed by atoms with Gasteiger partial charge in [-0.15, -0.1) is 0 Å². The highest BCUT2D eigenvalue weighted by molar-refractivity contribution is 6.28. The molecule has 0 atom stereocenters. The van der Waals surface area contributed by atoms with E-state index in [1.807, 2.05) is 31.2 Å². The van der Waals surface area contributed by atoms with E-state index in [0.717, 1.165) is 22.5 Å². The maximum absolute atomic E-state index is 5.75. The molecule has 0 radical (unpaired) electrons. The highest BCUT2D eigenvalue weighted by Crippen LogP contribution is 2.22. The first-order valence-electron chi connectivity index (χ1n) is 4.52. The van der Waals surface area contributed by atoms with Crippen LogP contribution < -0.4 is 5.73 Å². The maximum Gasteiger partial charge on any atom is 0.222 e. The van der Waals surface area contributed by atoms with Crippen LogP contribution in [0.3, 0.4) is 0 Å². The normalized spacial score (nSPS) is 10.3. The van der Waals surface area contributed by atoms with Crippen molar-refractivity contribution in [2.24, 2.45) is 0 Å². The van der Waals surface area contributed by atoms with E-state index in [1.165, 1.54) is 0 Å². The van der Waals surface area contributed by atoms with Crippen LogP contribution in [0.1, 0.15) is 5.56 Å². The summed E-state index contributed by atoms with van der Waals surface area (Å²) in [6.07, 6.45) is 1.71. The van der Waals surface area contributed by atoms with Crippen LogP contribution in [0.2, 0.25) is 5.28 Å². The monoisotopic (exact) mass is 219 g/mol. The van der Waals surface area contributed by atoms with Gasteiger partial charge in [-0.2, -0.15) is 0 Å². The summed E-state index contributed by atoms with van der Waals surface area (Å²) in [7, 11) is 0. The fourth-order valence-electron chi connectivity index (χ4n) is 1.35. The SMILES string of the molecule is Cc1cnc(Cl)nc1-c1ccc(N)cc1. The number of aromatic nitrogens is 2. The molecule has 76 valence electrons. The smallest absolute Gasteiger partial charge is 0.222 e. The Kier molecular flexibility index (Phi) is 2.56. The zero-order valence-corrected chi connectivity index (χ0v) is 8.99. The van der Waals surface area contributed by atoms with Gasteiger partial charge in [0, 0.05) is 17.4 Å². The Morgan fingerprint density at radius 2 is 1.87 bits per heavy atom. The van der Waals surface area contributed by atoms with Gasteiger partial charge < -0.3 is 5.73 Å².